The van der Waals surface area contributed by atoms with E-state index >= 15 is 0 Å². The second kappa shape index (κ2) is 9.82. The lowest BCUT2D eigenvalue weighted by Gasteiger charge is -2.04. The van der Waals surface area contributed by atoms with Crippen molar-refractivity contribution in [2.24, 2.45) is 0 Å². The summed E-state index contributed by atoms with van der Waals surface area (Å²) in [6.45, 7) is 1.07. The summed E-state index contributed by atoms with van der Waals surface area (Å²) in [4.78, 5) is 35.6. The molecule has 0 aliphatic heterocycles. The van der Waals surface area contributed by atoms with Gasteiger partial charge in [0, 0.05) is 17.2 Å². The predicted molar refractivity (Wildman–Crippen MR) is 112 cm³/mol. The second-order valence-electron chi connectivity index (χ2n) is 6.36. The quantitative estimate of drug-likeness (QED) is 0.467. The second-order valence-corrected chi connectivity index (χ2v) is 6.72. The van der Waals surface area contributed by atoms with Crippen LogP contribution in [0.4, 0.5) is 4.39 Å². The predicted octanol–water partition coefficient (Wildman–Crippen LogP) is 3.49. The highest BCUT2D eigenvalue weighted by Crippen LogP contribution is 2.24. The number of ether oxygens (including phenoxy) is 1. The third-order valence-corrected chi connectivity index (χ3v) is 4.50. The van der Waals surface area contributed by atoms with Crippen LogP contribution in [0.15, 0.2) is 60.7 Å². The van der Waals surface area contributed by atoms with Gasteiger partial charge in [0.1, 0.15) is 11.0 Å². The van der Waals surface area contributed by atoms with Crippen LogP contribution in [-0.2, 0) is 14.3 Å². The van der Waals surface area contributed by atoms with Gasteiger partial charge in [0.15, 0.2) is 6.61 Å². The van der Waals surface area contributed by atoms with E-state index in [9.17, 15) is 18.8 Å². The normalized spacial score (nSPS) is 10.8. The molecule has 0 unspecified atom stereocenters. The number of imide groups is 1. The molecule has 0 atom stereocenters. The minimum absolute atomic E-state index is 0.222. The SMILES string of the molecule is Cc1nn(-c2ccc(F)cc2)c(Cl)c1C=CC(=O)OCC(=O)NC(=O)c1ccccc1. The van der Waals surface area contributed by atoms with Crippen molar-refractivity contribution in [2.75, 3.05) is 6.61 Å². The van der Waals surface area contributed by atoms with Crippen molar-refractivity contribution >= 4 is 35.5 Å². The molecule has 0 saturated carbocycles. The Balaban J connectivity index is 1.58. The maximum absolute atomic E-state index is 13.1. The zero-order valence-corrected chi connectivity index (χ0v) is 17.1. The smallest absolute Gasteiger partial charge is 0.331 e. The van der Waals surface area contributed by atoms with Gasteiger partial charge in [-0.2, -0.15) is 5.10 Å². The molecular formula is C22H17ClFN3O4. The van der Waals surface area contributed by atoms with Gasteiger partial charge in [-0.3, -0.25) is 14.9 Å². The number of nitrogens with one attached hydrogen (secondary N) is 1. The molecule has 0 radical (unpaired) electrons. The number of aryl methyl sites for hydroxylation is 1. The number of amides is 2. The lowest BCUT2D eigenvalue weighted by atomic mass is 10.2. The van der Waals surface area contributed by atoms with E-state index in [0.717, 1.165) is 6.08 Å². The summed E-state index contributed by atoms with van der Waals surface area (Å²) in [6, 6.07) is 13.8. The summed E-state index contributed by atoms with van der Waals surface area (Å²) in [7, 11) is 0. The molecule has 3 rings (SSSR count). The number of hydrogen-bond acceptors (Lipinski definition) is 5. The maximum atomic E-state index is 13.1. The summed E-state index contributed by atoms with van der Waals surface area (Å²) in [5.41, 5.74) is 1.86. The van der Waals surface area contributed by atoms with E-state index in [1.807, 2.05) is 0 Å². The molecular weight excluding hydrogens is 425 g/mol. The average Bonchev–Trinajstić information content (AvgIpc) is 3.05. The molecule has 2 aromatic carbocycles. The Labute approximate surface area is 182 Å². The van der Waals surface area contributed by atoms with Crippen molar-refractivity contribution in [1.82, 2.24) is 15.1 Å². The van der Waals surface area contributed by atoms with Crippen LogP contribution < -0.4 is 5.32 Å². The van der Waals surface area contributed by atoms with Crippen LogP contribution in [0.2, 0.25) is 5.15 Å². The van der Waals surface area contributed by atoms with Gasteiger partial charge in [-0.05, 0) is 49.4 Å². The minimum Gasteiger partial charge on any atom is -0.452 e. The van der Waals surface area contributed by atoms with Crippen LogP contribution in [-0.4, -0.2) is 34.2 Å². The van der Waals surface area contributed by atoms with E-state index in [1.165, 1.54) is 35.0 Å². The van der Waals surface area contributed by atoms with Gasteiger partial charge < -0.3 is 4.74 Å². The third kappa shape index (κ3) is 5.64. The summed E-state index contributed by atoms with van der Waals surface area (Å²) in [6.07, 6.45) is 2.50. The number of carbonyl (C=O) groups is 3. The van der Waals surface area contributed by atoms with E-state index < -0.39 is 24.4 Å². The van der Waals surface area contributed by atoms with Crippen LogP contribution in [0.1, 0.15) is 21.6 Å². The molecule has 1 N–H and O–H groups in total. The van der Waals surface area contributed by atoms with Gasteiger partial charge in [-0.15, -0.1) is 0 Å². The van der Waals surface area contributed by atoms with Crippen LogP contribution in [0.3, 0.4) is 0 Å². The first-order valence-electron chi connectivity index (χ1n) is 9.10. The molecule has 0 aliphatic rings. The molecule has 0 aliphatic carbocycles. The van der Waals surface area contributed by atoms with Crippen molar-refractivity contribution in [1.29, 1.82) is 0 Å². The van der Waals surface area contributed by atoms with Gasteiger partial charge in [-0.25, -0.2) is 13.9 Å². The van der Waals surface area contributed by atoms with Crippen LogP contribution >= 0.6 is 11.6 Å². The van der Waals surface area contributed by atoms with Crippen LogP contribution in [0, 0.1) is 12.7 Å². The lowest BCUT2D eigenvalue weighted by Crippen LogP contribution is -2.33. The molecule has 1 heterocycles. The topological polar surface area (TPSA) is 90.3 Å². The first-order valence-corrected chi connectivity index (χ1v) is 9.48. The Hall–Kier alpha value is -3.78. The number of nitrogens with zero attached hydrogens (tertiary/aromatic N) is 2. The molecule has 31 heavy (non-hydrogen) atoms. The minimum atomic E-state index is -0.799. The molecule has 0 saturated heterocycles. The summed E-state index contributed by atoms with van der Waals surface area (Å²) in [5, 5.41) is 6.63. The Bertz CT molecular complexity index is 1140. The number of esters is 1. The Kier molecular flexibility index (Phi) is 6.94. The molecule has 2 amide bonds. The first-order chi connectivity index (χ1) is 14.8. The number of hydrogen-bond donors (Lipinski definition) is 1. The van der Waals surface area contributed by atoms with Crippen molar-refractivity contribution in [3.05, 3.63) is 88.5 Å². The van der Waals surface area contributed by atoms with E-state index in [4.69, 9.17) is 16.3 Å². The monoisotopic (exact) mass is 441 g/mol. The fourth-order valence-electron chi connectivity index (χ4n) is 2.61. The number of halogens is 2. The van der Waals surface area contributed by atoms with Gasteiger partial charge in [0.25, 0.3) is 11.8 Å². The van der Waals surface area contributed by atoms with Gasteiger partial charge in [0.2, 0.25) is 0 Å². The Morgan fingerprint density at radius 1 is 1.13 bits per heavy atom. The number of benzene rings is 2. The Morgan fingerprint density at radius 2 is 1.81 bits per heavy atom. The molecule has 0 spiro atoms. The van der Waals surface area contributed by atoms with Crippen molar-refractivity contribution < 1.29 is 23.5 Å². The highest BCUT2D eigenvalue weighted by molar-refractivity contribution is 6.31. The van der Waals surface area contributed by atoms with E-state index in [2.05, 4.69) is 10.4 Å². The zero-order valence-electron chi connectivity index (χ0n) is 16.3. The highest BCUT2D eigenvalue weighted by atomic mass is 35.5. The summed E-state index contributed by atoms with van der Waals surface area (Å²) >= 11 is 6.33. The van der Waals surface area contributed by atoms with Crippen LogP contribution in [0.25, 0.3) is 11.8 Å². The van der Waals surface area contributed by atoms with E-state index in [1.54, 1.807) is 37.3 Å². The van der Waals surface area contributed by atoms with E-state index in [0.29, 0.717) is 22.5 Å². The lowest BCUT2D eigenvalue weighted by molar-refractivity contribution is -0.143. The fraction of sp³-hybridized carbons (Fsp3) is 0.0909. The number of carbonyl (C=O) groups excluding carboxylic acids is 3. The van der Waals surface area contributed by atoms with Gasteiger partial charge in [0.05, 0.1) is 11.4 Å². The molecule has 0 fully saturated rings. The van der Waals surface area contributed by atoms with Crippen molar-refractivity contribution in [2.45, 2.75) is 6.92 Å². The van der Waals surface area contributed by atoms with E-state index in [-0.39, 0.29) is 11.0 Å². The number of rotatable bonds is 6. The largest absolute Gasteiger partial charge is 0.452 e. The molecule has 0 bridgehead atoms. The highest BCUT2D eigenvalue weighted by Gasteiger charge is 2.14. The fourth-order valence-corrected chi connectivity index (χ4v) is 2.95. The zero-order chi connectivity index (χ0) is 22.4. The summed E-state index contributed by atoms with van der Waals surface area (Å²) in [5.74, 6) is -2.53. The number of aromatic nitrogens is 2. The average molecular weight is 442 g/mol. The maximum Gasteiger partial charge on any atom is 0.331 e. The third-order valence-electron chi connectivity index (χ3n) is 4.14. The molecule has 1 aromatic heterocycles. The van der Waals surface area contributed by atoms with Gasteiger partial charge >= 0.3 is 5.97 Å². The van der Waals surface area contributed by atoms with Gasteiger partial charge in [-0.1, -0.05) is 29.8 Å². The molecule has 9 heteroatoms. The van der Waals surface area contributed by atoms with Crippen molar-refractivity contribution in [3.8, 4) is 5.69 Å². The van der Waals surface area contributed by atoms with Crippen molar-refractivity contribution in [3.63, 3.8) is 0 Å². The Morgan fingerprint density at radius 3 is 2.48 bits per heavy atom. The summed E-state index contributed by atoms with van der Waals surface area (Å²) < 4.78 is 19.4. The first kappa shape index (κ1) is 21.9. The molecule has 158 valence electrons. The molecule has 7 nitrogen and oxygen atoms in total. The standard InChI is InChI=1S/C22H17ClFN3O4/c1-14-18(21(23)27(26-14)17-9-7-16(24)8-10-17)11-12-20(29)31-13-19(28)25-22(30)15-5-3-2-4-6-15/h2-12H,13H2,1H3,(H,25,28,30). The van der Waals surface area contributed by atoms with Crippen LogP contribution in [0.5, 0.6) is 0 Å². The molecule has 3 aromatic rings.